The predicted octanol–water partition coefficient (Wildman–Crippen LogP) is 4.74. The Morgan fingerprint density at radius 2 is 1.31 bits per heavy atom. The molecule has 0 nitrogen and oxygen atoms in total. The summed E-state index contributed by atoms with van der Waals surface area (Å²) in [6.45, 7) is 4.52. The van der Waals surface area contributed by atoms with E-state index in [4.69, 9.17) is 0 Å². The topological polar surface area (TPSA) is 0 Å². The Bertz CT molecular complexity index is 61.5. The van der Waals surface area contributed by atoms with Crippen molar-refractivity contribution < 1.29 is 27.3 Å². The van der Waals surface area contributed by atoms with Crippen LogP contribution in [0.3, 0.4) is 0 Å². The van der Waals surface area contributed by atoms with Crippen LogP contribution in [0.25, 0.3) is 0 Å². The van der Waals surface area contributed by atoms with Gasteiger partial charge in [-0.1, -0.05) is 58.8 Å². The smallest absolute Gasteiger partial charge is 0 e. The molecule has 0 aliphatic rings. The van der Waals surface area contributed by atoms with Gasteiger partial charge < -0.3 is 6.42 Å². The summed E-state index contributed by atoms with van der Waals surface area (Å²) in [5.74, 6) is 0. The molecule has 0 atom stereocenters. The van der Waals surface area contributed by atoms with Gasteiger partial charge in [-0.25, -0.2) is 0 Å². The normalized spacial score (nSPS) is 9.69. The zero-order valence-electron chi connectivity index (χ0n) is 9.65. The fourth-order valence-corrected chi connectivity index (χ4v) is 1.42. The molecule has 0 saturated heterocycles. The van der Waals surface area contributed by atoms with Gasteiger partial charge in [0.2, 0.25) is 0 Å². The van der Waals surface area contributed by atoms with Gasteiger partial charge in [-0.2, -0.15) is 12.8 Å². The molecule has 0 aromatic heterocycles. The van der Waals surface area contributed by atoms with Crippen molar-refractivity contribution in [3.05, 3.63) is 6.42 Å². The standard InChI is InChI=1S/C12H25.Cd/c1-3-5-7-9-11-12-10-8-6-4-2;/h7H,3-6,8-12H2,1-2H3;/q-1;. The first-order chi connectivity index (χ1) is 5.91. The molecular formula is C12H25Cd-. The first-order valence-corrected chi connectivity index (χ1v) is 5.73. The molecule has 1 heteroatoms. The predicted molar refractivity (Wildman–Crippen MR) is 57.2 cm³/mol. The Balaban J connectivity index is 0. The van der Waals surface area contributed by atoms with Crippen LogP contribution in [0.5, 0.6) is 0 Å². The van der Waals surface area contributed by atoms with Gasteiger partial charge >= 0.3 is 0 Å². The quantitative estimate of drug-likeness (QED) is 0.325. The third-order valence-electron chi connectivity index (χ3n) is 2.25. The molecule has 0 N–H and O–H groups in total. The maximum atomic E-state index is 2.44. The summed E-state index contributed by atoms with van der Waals surface area (Å²) in [4.78, 5) is 0. The zero-order chi connectivity index (χ0) is 9.07. The van der Waals surface area contributed by atoms with Crippen LogP contribution < -0.4 is 0 Å². The molecular weight excluding hydrogens is 257 g/mol. The maximum Gasteiger partial charge on any atom is 0 e. The summed E-state index contributed by atoms with van der Waals surface area (Å²) in [6, 6.07) is 0. The van der Waals surface area contributed by atoms with Crippen LogP contribution in [-0.2, 0) is 27.3 Å². The van der Waals surface area contributed by atoms with Crippen LogP contribution >= 0.6 is 0 Å². The van der Waals surface area contributed by atoms with Crippen molar-refractivity contribution in [3.63, 3.8) is 0 Å². The molecule has 0 rings (SSSR count). The zero-order valence-corrected chi connectivity index (χ0v) is 13.7. The van der Waals surface area contributed by atoms with Gasteiger partial charge in [0.1, 0.15) is 0 Å². The Morgan fingerprint density at radius 3 is 1.92 bits per heavy atom. The van der Waals surface area contributed by atoms with Gasteiger partial charge in [0, 0.05) is 27.3 Å². The monoisotopic (exact) mass is 283 g/mol. The van der Waals surface area contributed by atoms with Crippen LogP contribution in [0.2, 0.25) is 0 Å². The van der Waals surface area contributed by atoms with Crippen molar-refractivity contribution in [2.24, 2.45) is 0 Å². The minimum atomic E-state index is 0. The molecule has 0 fully saturated rings. The van der Waals surface area contributed by atoms with Crippen LogP contribution in [-0.4, -0.2) is 0 Å². The van der Waals surface area contributed by atoms with E-state index in [0.717, 1.165) is 0 Å². The van der Waals surface area contributed by atoms with E-state index in [2.05, 4.69) is 20.3 Å². The molecule has 0 saturated carbocycles. The van der Waals surface area contributed by atoms with Crippen LogP contribution in [0.15, 0.2) is 0 Å². The van der Waals surface area contributed by atoms with Crippen molar-refractivity contribution in [3.8, 4) is 0 Å². The summed E-state index contributed by atoms with van der Waals surface area (Å²) < 4.78 is 0. The van der Waals surface area contributed by atoms with Crippen molar-refractivity contribution in [2.45, 2.75) is 71.6 Å². The molecule has 0 heterocycles. The second kappa shape index (κ2) is 15.4. The molecule has 0 aromatic carbocycles. The summed E-state index contributed by atoms with van der Waals surface area (Å²) in [5, 5.41) is 0. The molecule has 0 unspecified atom stereocenters. The average molecular weight is 282 g/mol. The second-order valence-corrected chi connectivity index (χ2v) is 3.63. The van der Waals surface area contributed by atoms with Gasteiger partial charge in [-0.05, 0) is 0 Å². The van der Waals surface area contributed by atoms with Gasteiger partial charge in [0.25, 0.3) is 0 Å². The fraction of sp³-hybridized carbons (Fsp3) is 0.917. The number of hydrogen-bond donors (Lipinski definition) is 0. The van der Waals surface area contributed by atoms with E-state index in [-0.39, 0.29) is 27.3 Å². The fourth-order valence-electron chi connectivity index (χ4n) is 1.42. The van der Waals surface area contributed by atoms with Crippen LogP contribution in [0.4, 0.5) is 0 Å². The van der Waals surface area contributed by atoms with Crippen molar-refractivity contribution in [1.29, 1.82) is 0 Å². The van der Waals surface area contributed by atoms with E-state index in [1.807, 2.05) is 0 Å². The summed E-state index contributed by atoms with van der Waals surface area (Å²) in [5.41, 5.74) is 0. The van der Waals surface area contributed by atoms with Crippen molar-refractivity contribution in [1.82, 2.24) is 0 Å². The maximum absolute atomic E-state index is 2.44. The van der Waals surface area contributed by atoms with Crippen LogP contribution in [0, 0.1) is 6.42 Å². The minimum absolute atomic E-state index is 0. The molecule has 76 valence electrons. The Labute approximate surface area is 105 Å². The summed E-state index contributed by atoms with van der Waals surface area (Å²) in [7, 11) is 0. The summed E-state index contributed by atoms with van der Waals surface area (Å²) >= 11 is 0. The Kier molecular flexibility index (Phi) is 19.4. The van der Waals surface area contributed by atoms with Crippen molar-refractivity contribution >= 4 is 0 Å². The van der Waals surface area contributed by atoms with E-state index in [1.54, 1.807) is 0 Å². The molecule has 0 radical (unpaired) electrons. The molecule has 0 aliphatic carbocycles. The SMILES string of the molecule is CCC[CH-]CCCCCCCC.[Cd]. The largest absolute Gasteiger partial charge is 0.328 e. The average Bonchev–Trinajstić information content (AvgIpc) is 2.10. The van der Waals surface area contributed by atoms with E-state index < -0.39 is 0 Å². The molecule has 13 heavy (non-hydrogen) atoms. The molecule has 0 aliphatic heterocycles. The number of unbranched alkanes of at least 4 members (excludes halogenated alkanes) is 9. The van der Waals surface area contributed by atoms with E-state index in [0.29, 0.717) is 0 Å². The third-order valence-corrected chi connectivity index (χ3v) is 2.25. The van der Waals surface area contributed by atoms with Gasteiger partial charge in [-0.3, -0.25) is 0 Å². The Hall–Kier alpha value is 0.922. The van der Waals surface area contributed by atoms with Gasteiger partial charge in [-0.15, -0.1) is 0 Å². The molecule has 0 aromatic rings. The van der Waals surface area contributed by atoms with Crippen molar-refractivity contribution in [2.75, 3.05) is 0 Å². The molecule has 0 amide bonds. The number of hydrogen-bond acceptors (Lipinski definition) is 0. The second-order valence-electron chi connectivity index (χ2n) is 3.63. The van der Waals surface area contributed by atoms with Crippen LogP contribution in [0.1, 0.15) is 71.6 Å². The molecule has 0 bridgehead atoms. The van der Waals surface area contributed by atoms with E-state index in [9.17, 15) is 0 Å². The van der Waals surface area contributed by atoms with Gasteiger partial charge in [0.15, 0.2) is 0 Å². The summed E-state index contributed by atoms with van der Waals surface area (Å²) in [6.07, 6.45) is 15.0. The minimum Gasteiger partial charge on any atom is -0.328 e. The first kappa shape index (κ1) is 16.4. The van der Waals surface area contributed by atoms with E-state index in [1.165, 1.54) is 57.8 Å². The molecule has 0 spiro atoms. The third kappa shape index (κ3) is 15.7. The first-order valence-electron chi connectivity index (χ1n) is 5.73. The number of rotatable bonds is 9. The van der Waals surface area contributed by atoms with Gasteiger partial charge in [0.05, 0.1) is 0 Å². The Morgan fingerprint density at radius 1 is 0.692 bits per heavy atom. The van der Waals surface area contributed by atoms with E-state index >= 15 is 0 Å².